The molecule has 1 rings (SSSR count). The van der Waals surface area contributed by atoms with Gasteiger partial charge in [0.2, 0.25) is 5.88 Å². The first-order chi connectivity index (χ1) is 6.86. The van der Waals surface area contributed by atoms with E-state index in [-0.39, 0.29) is 6.29 Å². The van der Waals surface area contributed by atoms with Gasteiger partial charge in [0, 0.05) is 13.2 Å². The van der Waals surface area contributed by atoms with Crippen molar-refractivity contribution >= 4 is 11.7 Å². The highest BCUT2D eigenvalue weighted by Gasteiger charge is 2.09. The normalized spacial score (nSPS) is 10.8. The lowest BCUT2D eigenvalue weighted by Gasteiger charge is -2.16. The van der Waals surface area contributed by atoms with Gasteiger partial charge in [-0.1, -0.05) is 0 Å². The molecule has 0 N–H and O–H groups in total. The number of hydrogen-bond donors (Lipinski definition) is 0. The molecular formula is C8H14N2O3S. The zero-order valence-electron chi connectivity index (χ0n) is 8.30. The molecule has 0 aliphatic heterocycles. The topological polar surface area (TPSA) is 53.5 Å². The zero-order chi connectivity index (χ0) is 10.2. The van der Waals surface area contributed by atoms with Gasteiger partial charge >= 0.3 is 0 Å². The number of rotatable bonds is 7. The summed E-state index contributed by atoms with van der Waals surface area (Å²) in [6.07, 6.45) is 1.24. The maximum absolute atomic E-state index is 5.30. The van der Waals surface area contributed by atoms with E-state index in [0.29, 0.717) is 25.7 Å². The average molecular weight is 218 g/mol. The maximum Gasteiger partial charge on any atom is 0.245 e. The van der Waals surface area contributed by atoms with Crippen LogP contribution in [-0.4, -0.2) is 34.9 Å². The Morgan fingerprint density at radius 1 is 1.36 bits per heavy atom. The predicted octanol–water partition coefficient (Wildman–Crippen LogP) is 1.32. The van der Waals surface area contributed by atoms with Gasteiger partial charge in [-0.15, -0.1) is 4.37 Å². The van der Waals surface area contributed by atoms with Crippen LogP contribution in [0.5, 0.6) is 5.88 Å². The molecule has 0 spiro atoms. The van der Waals surface area contributed by atoms with Crippen LogP contribution >= 0.6 is 11.7 Å². The molecule has 0 bridgehead atoms. The quantitative estimate of drug-likeness (QED) is 0.646. The summed E-state index contributed by atoms with van der Waals surface area (Å²) < 4.78 is 23.6. The van der Waals surface area contributed by atoms with Gasteiger partial charge in [-0.3, -0.25) is 0 Å². The number of aromatic nitrogens is 2. The van der Waals surface area contributed by atoms with Gasteiger partial charge in [-0.2, -0.15) is 4.37 Å². The van der Waals surface area contributed by atoms with Crippen molar-refractivity contribution in [2.45, 2.75) is 20.1 Å². The third-order valence-electron chi connectivity index (χ3n) is 1.41. The smallest absolute Gasteiger partial charge is 0.245 e. The molecule has 0 amide bonds. The summed E-state index contributed by atoms with van der Waals surface area (Å²) in [6, 6.07) is 0. The van der Waals surface area contributed by atoms with E-state index >= 15 is 0 Å². The van der Waals surface area contributed by atoms with E-state index in [4.69, 9.17) is 14.2 Å². The Bertz CT molecular complexity index is 225. The Morgan fingerprint density at radius 3 is 2.57 bits per heavy atom. The van der Waals surface area contributed by atoms with Crippen LogP contribution in [0.4, 0.5) is 0 Å². The van der Waals surface area contributed by atoms with Crippen LogP contribution in [-0.2, 0) is 9.47 Å². The van der Waals surface area contributed by atoms with Crippen molar-refractivity contribution in [2.75, 3.05) is 19.8 Å². The summed E-state index contributed by atoms with van der Waals surface area (Å²) in [5.74, 6) is 0.513. The molecule has 0 aliphatic carbocycles. The lowest BCUT2D eigenvalue weighted by Crippen LogP contribution is -2.25. The van der Waals surface area contributed by atoms with Crippen LogP contribution in [0.2, 0.25) is 0 Å². The van der Waals surface area contributed by atoms with Gasteiger partial charge in [-0.25, -0.2) is 0 Å². The maximum atomic E-state index is 5.30. The summed E-state index contributed by atoms with van der Waals surface area (Å²) >= 11 is 1.11. The van der Waals surface area contributed by atoms with E-state index in [1.807, 2.05) is 13.8 Å². The fourth-order valence-corrected chi connectivity index (χ4v) is 1.25. The van der Waals surface area contributed by atoms with E-state index in [9.17, 15) is 0 Å². The minimum absolute atomic E-state index is 0.327. The van der Waals surface area contributed by atoms with E-state index in [1.165, 1.54) is 0 Å². The molecule has 14 heavy (non-hydrogen) atoms. The second-order valence-corrected chi connectivity index (χ2v) is 2.95. The second kappa shape index (κ2) is 6.69. The summed E-state index contributed by atoms with van der Waals surface area (Å²) in [7, 11) is 0. The highest BCUT2D eigenvalue weighted by atomic mass is 32.1. The van der Waals surface area contributed by atoms with E-state index < -0.39 is 0 Å². The summed E-state index contributed by atoms with van der Waals surface area (Å²) in [5, 5.41) is 0. The molecule has 0 aromatic carbocycles. The van der Waals surface area contributed by atoms with Crippen molar-refractivity contribution in [3.8, 4) is 5.88 Å². The van der Waals surface area contributed by atoms with E-state index in [0.717, 1.165) is 11.7 Å². The molecule has 1 aromatic rings. The highest BCUT2D eigenvalue weighted by molar-refractivity contribution is 6.99. The molecule has 1 aromatic heterocycles. The average Bonchev–Trinajstić information content (AvgIpc) is 2.67. The van der Waals surface area contributed by atoms with Crippen LogP contribution in [0.3, 0.4) is 0 Å². The Balaban J connectivity index is 2.25. The Kier molecular flexibility index (Phi) is 5.43. The van der Waals surface area contributed by atoms with Gasteiger partial charge in [0.1, 0.15) is 12.8 Å². The van der Waals surface area contributed by atoms with Crippen LogP contribution < -0.4 is 4.74 Å². The zero-order valence-corrected chi connectivity index (χ0v) is 9.12. The molecule has 0 saturated heterocycles. The van der Waals surface area contributed by atoms with E-state index in [2.05, 4.69) is 8.75 Å². The van der Waals surface area contributed by atoms with Crippen molar-refractivity contribution in [3.05, 3.63) is 6.20 Å². The van der Waals surface area contributed by atoms with E-state index in [1.54, 1.807) is 6.20 Å². The van der Waals surface area contributed by atoms with Crippen LogP contribution in [0.25, 0.3) is 0 Å². The Labute approximate surface area is 87.3 Å². The fourth-order valence-electron chi connectivity index (χ4n) is 0.889. The molecular weight excluding hydrogens is 204 g/mol. The number of nitrogens with zero attached hydrogens (tertiary/aromatic N) is 2. The lowest BCUT2D eigenvalue weighted by atomic mass is 10.6. The van der Waals surface area contributed by atoms with Crippen LogP contribution in [0.15, 0.2) is 6.20 Å². The standard InChI is InChI=1S/C8H14N2O3S/c1-3-11-8(12-4-2)6-13-7-5-9-14-10-7/h5,8H,3-4,6H2,1-2H3. The molecule has 1 heterocycles. The molecule has 80 valence electrons. The molecule has 0 fully saturated rings. The minimum Gasteiger partial charge on any atom is -0.471 e. The SMILES string of the molecule is CCOC(COc1cnsn1)OCC. The molecule has 0 saturated carbocycles. The van der Waals surface area contributed by atoms with Gasteiger partial charge in [0.05, 0.1) is 11.7 Å². The van der Waals surface area contributed by atoms with Crippen molar-refractivity contribution in [1.29, 1.82) is 0 Å². The lowest BCUT2D eigenvalue weighted by molar-refractivity contribution is -0.152. The number of hydrogen-bond acceptors (Lipinski definition) is 6. The fraction of sp³-hybridized carbons (Fsp3) is 0.750. The second-order valence-electron chi connectivity index (χ2n) is 2.40. The first-order valence-corrected chi connectivity index (χ1v) is 5.23. The monoisotopic (exact) mass is 218 g/mol. The Hall–Kier alpha value is -0.720. The largest absolute Gasteiger partial charge is 0.471 e. The van der Waals surface area contributed by atoms with Crippen LogP contribution in [0.1, 0.15) is 13.8 Å². The first-order valence-electron chi connectivity index (χ1n) is 4.50. The highest BCUT2D eigenvalue weighted by Crippen LogP contribution is 2.06. The summed E-state index contributed by atoms with van der Waals surface area (Å²) in [4.78, 5) is 0. The minimum atomic E-state index is -0.327. The molecule has 5 nitrogen and oxygen atoms in total. The molecule has 0 radical (unpaired) electrons. The van der Waals surface area contributed by atoms with Crippen LogP contribution in [0, 0.1) is 0 Å². The number of ether oxygens (including phenoxy) is 3. The van der Waals surface area contributed by atoms with Gasteiger partial charge in [0.15, 0.2) is 6.29 Å². The van der Waals surface area contributed by atoms with Gasteiger partial charge in [-0.05, 0) is 13.8 Å². The van der Waals surface area contributed by atoms with Crippen molar-refractivity contribution < 1.29 is 14.2 Å². The van der Waals surface area contributed by atoms with Gasteiger partial charge < -0.3 is 14.2 Å². The molecule has 6 heteroatoms. The molecule has 0 unspecified atom stereocenters. The first kappa shape index (κ1) is 11.4. The van der Waals surface area contributed by atoms with Crippen molar-refractivity contribution in [1.82, 2.24) is 8.75 Å². The molecule has 0 atom stereocenters. The predicted molar refractivity (Wildman–Crippen MR) is 52.4 cm³/mol. The summed E-state index contributed by atoms with van der Waals surface area (Å²) in [5.41, 5.74) is 0. The third kappa shape index (κ3) is 3.99. The molecule has 0 aliphatic rings. The van der Waals surface area contributed by atoms with Crippen molar-refractivity contribution in [2.24, 2.45) is 0 Å². The summed E-state index contributed by atoms with van der Waals surface area (Å²) in [6.45, 7) is 5.37. The third-order valence-corrected chi connectivity index (χ3v) is 1.87. The Morgan fingerprint density at radius 2 is 2.07 bits per heavy atom. The van der Waals surface area contributed by atoms with Crippen molar-refractivity contribution in [3.63, 3.8) is 0 Å². The van der Waals surface area contributed by atoms with Gasteiger partial charge in [0.25, 0.3) is 0 Å².